The summed E-state index contributed by atoms with van der Waals surface area (Å²) in [6.07, 6.45) is 0.804. The number of hydrogen-bond donors (Lipinski definition) is 2. The van der Waals surface area contributed by atoms with E-state index in [9.17, 15) is 9.59 Å². The molecule has 3 amide bonds. The van der Waals surface area contributed by atoms with Gasteiger partial charge in [0, 0.05) is 18.8 Å². The van der Waals surface area contributed by atoms with Gasteiger partial charge in [-0.15, -0.1) is 11.3 Å². The number of para-hydroxylation sites is 1. The lowest BCUT2D eigenvalue weighted by Crippen LogP contribution is -2.35. The highest BCUT2D eigenvalue weighted by Gasteiger charge is 2.22. The average molecular weight is 412 g/mol. The lowest BCUT2D eigenvalue weighted by molar-refractivity contribution is 0.0739. The zero-order valence-electron chi connectivity index (χ0n) is 14.9. The molecule has 0 saturated carbocycles. The zero-order valence-corrected chi connectivity index (χ0v) is 16.5. The van der Waals surface area contributed by atoms with Crippen molar-refractivity contribution in [2.75, 3.05) is 17.2 Å². The number of thiophene rings is 1. The molecule has 1 aromatic heterocycles. The summed E-state index contributed by atoms with van der Waals surface area (Å²) >= 11 is 7.53. The fraction of sp³-hybridized carbons (Fsp3) is 0.143. The number of rotatable bonds is 3. The zero-order chi connectivity index (χ0) is 19.5. The van der Waals surface area contributed by atoms with Crippen LogP contribution in [0, 0.1) is 0 Å². The number of anilines is 2. The highest BCUT2D eigenvalue weighted by atomic mass is 35.5. The summed E-state index contributed by atoms with van der Waals surface area (Å²) < 4.78 is 0. The largest absolute Gasteiger partial charge is 0.333 e. The molecule has 28 heavy (non-hydrogen) atoms. The predicted molar refractivity (Wildman–Crippen MR) is 113 cm³/mol. The van der Waals surface area contributed by atoms with Crippen molar-refractivity contribution in [3.63, 3.8) is 0 Å². The molecule has 0 bridgehead atoms. The Morgan fingerprint density at radius 3 is 2.64 bits per heavy atom. The number of urea groups is 1. The summed E-state index contributed by atoms with van der Waals surface area (Å²) in [5, 5.41) is 7.95. The topological polar surface area (TPSA) is 61.4 Å². The van der Waals surface area contributed by atoms with Crippen molar-refractivity contribution < 1.29 is 9.59 Å². The summed E-state index contributed by atoms with van der Waals surface area (Å²) in [6.45, 7) is 1.23. The van der Waals surface area contributed by atoms with Crippen LogP contribution in [0.1, 0.15) is 20.8 Å². The molecule has 7 heteroatoms. The Morgan fingerprint density at radius 2 is 1.86 bits per heavy atom. The SMILES string of the molecule is O=C(Nc1ccc2c(c1)CN(C(=O)c1cccs1)CC2)Nc1ccccc1Cl. The van der Waals surface area contributed by atoms with Crippen molar-refractivity contribution >= 4 is 46.3 Å². The van der Waals surface area contributed by atoms with E-state index < -0.39 is 0 Å². The highest BCUT2D eigenvalue weighted by Crippen LogP contribution is 2.25. The first-order valence-electron chi connectivity index (χ1n) is 8.87. The number of fused-ring (bicyclic) bond motifs is 1. The van der Waals surface area contributed by atoms with Gasteiger partial charge in [-0.1, -0.05) is 35.9 Å². The van der Waals surface area contributed by atoms with Gasteiger partial charge in [0.15, 0.2) is 0 Å². The number of nitrogens with zero attached hydrogens (tertiary/aromatic N) is 1. The van der Waals surface area contributed by atoms with Gasteiger partial charge in [0.1, 0.15) is 0 Å². The van der Waals surface area contributed by atoms with Crippen LogP contribution >= 0.6 is 22.9 Å². The number of amides is 3. The van der Waals surface area contributed by atoms with E-state index in [0.29, 0.717) is 29.5 Å². The van der Waals surface area contributed by atoms with E-state index >= 15 is 0 Å². The molecule has 0 unspecified atom stereocenters. The maximum absolute atomic E-state index is 12.6. The first kappa shape index (κ1) is 18.5. The van der Waals surface area contributed by atoms with E-state index in [4.69, 9.17) is 11.6 Å². The molecule has 142 valence electrons. The number of nitrogens with one attached hydrogen (secondary N) is 2. The second-order valence-electron chi connectivity index (χ2n) is 6.50. The van der Waals surface area contributed by atoms with Gasteiger partial charge >= 0.3 is 6.03 Å². The number of carbonyl (C=O) groups is 2. The van der Waals surface area contributed by atoms with Gasteiger partial charge in [0.05, 0.1) is 15.6 Å². The van der Waals surface area contributed by atoms with Gasteiger partial charge in [-0.05, 0) is 53.3 Å². The second-order valence-corrected chi connectivity index (χ2v) is 7.85. The molecule has 1 aliphatic rings. The fourth-order valence-corrected chi connectivity index (χ4v) is 4.09. The number of hydrogen-bond acceptors (Lipinski definition) is 3. The van der Waals surface area contributed by atoms with Crippen LogP contribution < -0.4 is 10.6 Å². The van der Waals surface area contributed by atoms with E-state index in [1.54, 1.807) is 24.3 Å². The number of halogens is 1. The smallest absolute Gasteiger partial charge is 0.323 e. The lowest BCUT2D eigenvalue weighted by atomic mass is 9.99. The third kappa shape index (κ3) is 4.03. The Morgan fingerprint density at radius 1 is 1.00 bits per heavy atom. The summed E-state index contributed by atoms with van der Waals surface area (Å²) in [5.74, 6) is 0.0514. The van der Waals surface area contributed by atoms with Crippen LogP contribution in [0.5, 0.6) is 0 Å². The minimum absolute atomic E-state index is 0.0514. The van der Waals surface area contributed by atoms with Gasteiger partial charge in [0.2, 0.25) is 0 Å². The van der Waals surface area contributed by atoms with Crippen molar-refractivity contribution in [2.45, 2.75) is 13.0 Å². The van der Waals surface area contributed by atoms with Gasteiger partial charge in [-0.3, -0.25) is 4.79 Å². The van der Waals surface area contributed by atoms with Crippen LogP contribution in [0.15, 0.2) is 60.0 Å². The first-order chi connectivity index (χ1) is 13.6. The molecule has 2 N–H and O–H groups in total. The van der Waals surface area contributed by atoms with Crippen molar-refractivity contribution in [1.29, 1.82) is 0 Å². The van der Waals surface area contributed by atoms with Crippen LogP contribution in [0.3, 0.4) is 0 Å². The molecule has 0 atom stereocenters. The Labute approximate surface area is 171 Å². The van der Waals surface area contributed by atoms with E-state index in [1.165, 1.54) is 16.9 Å². The van der Waals surface area contributed by atoms with Crippen LogP contribution in [-0.4, -0.2) is 23.4 Å². The molecule has 4 rings (SSSR count). The Bertz CT molecular complexity index is 1020. The molecule has 0 fully saturated rings. The summed E-state index contributed by atoms with van der Waals surface area (Å²) in [4.78, 5) is 27.5. The van der Waals surface area contributed by atoms with Gasteiger partial charge in [0.25, 0.3) is 5.91 Å². The van der Waals surface area contributed by atoms with E-state index in [-0.39, 0.29) is 11.9 Å². The maximum Gasteiger partial charge on any atom is 0.323 e. The van der Waals surface area contributed by atoms with Crippen molar-refractivity contribution in [1.82, 2.24) is 4.90 Å². The summed E-state index contributed by atoms with van der Waals surface area (Å²) in [6, 6.07) is 16.2. The lowest BCUT2D eigenvalue weighted by Gasteiger charge is -2.29. The Balaban J connectivity index is 1.45. The van der Waals surface area contributed by atoms with E-state index in [1.807, 2.05) is 40.6 Å². The van der Waals surface area contributed by atoms with E-state index in [2.05, 4.69) is 10.6 Å². The summed E-state index contributed by atoms with van der Waals surface area (Å²) in [7, 11) is 0. The third-order valence-corrected chi connectivity index (χ3v) is 5.81. The van der Waals surface area contributed by atoms with Crippen LogP contribution in [0.4, 0.5) is 16.2 Å². The predicted octanol–water partition coefficient (Wildman–Crippen LogP) is 5.24. The monoisotopic (exact) mass is 411 g/mol. The minimum Gasteiger partial charge on any atom is -0.333 e. The fourth-order valence-electron chi connectivity index (χ4n) is 3.21. The number of carbonyl (C=O) groups excluding carboxylic acids is 2. The maximum atomic E-state index is 12.6. The molecule has 0 aliphatic carbocycles. The Kier molecular flexibility index (Phi) is 5.32. The molecule has 3 aromatic rings. The Hall–Kier alpha value is -2.83. The second kappa shape index (κ2) is 8.04. The van der Waals surface area contributed by atoms with Gasteiger partial charge in [-0.25, -0.2) is 4.79 Å². The van der Waals surface area contributed by atoms with Crippen LogP contribution in [0.2, 0.25) is 5.02 Å². The molecule has 5 nitrogen and oxygen atoms in total. The van der Waals surface area contributed by atoms with Crippen LogP contribution in [0.25, 0.3) is 0 Å². The van der Waals surface area contributed by atoms with Crippen LogP contribution in [-0.2, 0) is 13.0 Å². The van der Waals surface area contributed by atoms with E-state index in [0.717, 1.165) is 16.9 Å². The number of benzene rings is 2. The molecule has 2 heterocycles. The minimum atomic E-state index is -0.365. The highest BCUT2D eigenvalue weighted by molar-refractivity contribution is 7.12. The normalized spacial score (nSPS) is 13.0. The van der Waals surface area contributed by atoms with Gasteiger partial charge in [-0.2, -0.15) is 0 Å². The first-order valence-corrected chi connectivity index (χ1v) is 10.1. The molecule has 2 aromatic carbocycles. The standard InChI is InChI=1S/C21H18ClN3O2S/c22-17-4-1-2-5-18(17)24-21(27)23-16-8-7-14-9-10-25(13-15(14)12-16)20(26)19-6-3-11-28-19/h1-8,11-12H,9-10,13H2,(H2,23,24,27). The molecule has 0 spiro atoms. The molecular formula is C21H18ClN3O2S. The molecular weight excluding hydrogens is 394 g/mol. The van der Waals surface area contributed by atoms with Crippen molar-refractivity contribution in [2.24, 2.45) is 0 Å². The molecule has 0 radical (unpaired) electrons. The third-order valence-electron chi connectivity index (χ3n) is 4.62. The quantitative estimate of drug-likeness (QED) is 0.618. The average Bonchev–Trinajstić information content (AvgIpc) is 3.23. The molecule has 1 aliphatic heterocycles. The van der Waals surface area contributed by atoms with Crippen molar-refractivity contribution in [3.05, 3.63) is 81.0 Å². The molecule has 0 saturated heterocycles. The van der Waals surface area contributed by atoms with Crippen molar-refractivity contribution in [3.8, 4) is 0 Å². The summed E-state index contributed by atoms with van der Waals surface area (Å²) in [5.41, 5.74) is 3.47. The van der Waals surface area contributed by atoms with Gasteiger partial charge < -0.3 is 15.5 Å².